The topological polar surface area (TPSA) is 58.6 Å². The molecule has 82 valence electrons. The second-order valence-electron chi connectivity index (χ2n) is 3.85. The van der Waals surface area contributed by atoms with Crippen LogP contribution in [0.15, 0.2) is 0 Å². The summed E-state index contributed by atoms with van der Waals surface area (Å²) in [5.74, 6) is -0.776. The summed E-state index contributed by atoms with van der Waals surface area (Å²) in [7, 11) is 0. The Morgan fingerprint density at radius 1 is 1.43 bits per heavy atom. The van der Waals surface area contributed by atoms with E-state index in [0.717, 1.165) is 25.7 Å². The van der Waals surface area contributed by atoms with E-state index in [1.807, 2.05) is 0 Å². The van der Waals surface area contributed by atoms with Crippen molar-refractivity contribution in [2.45, 2.75) is 37.3 Å². The second-order valence-corrected chi connectivity index (χ2v) is 3.85. The minimum Gasteiger partial charge on any atom is -0.480 e. The number of aliphatic carboxylic acids is 1. The molecule has 1 saturated heterocycles. The summed E-state index contributed by atoms with van der Waals surface area (Å²) in [6.07, 6.45) is 3.95. The van der Waals surface area contributed by atoms with Crippen molar-refractivity contribution in [3.05, 3.63) is 0 Å². The summed E-state index contributed by atoms with van der Waals surface area (Å²) in [5, 5.41) is 12.0. The first kappa shape index (κ1) is 11.8. The van der Waals surface area contributed by atoms with Crippen LogP contribution < -0.4 is 5.32 Å². The molecule has 14 heavy (non-hydrogen) atoms. The summed E-state index contributed by atoms with van der Waals surface area (Å²) >= 11 is 0. The largest absolute Gasteiger partial charge is 0.480 e. The van der Waals surface area contributed by atoms with Crippen LogP contribution in [-0.2, 0) is 9.53 Å². The molecule has 0 aromatic carbocycles. The van der Waals surface area contributed by atoms with Crippen molar-refractivity contribution < 1.29 is 14.6 Å². The Bertz CT molecular complexity index is 216. The van der Waals surface area contributed by atoms with Crippen LogP contribution in [0.2, 0.25) is 0 Å². The van der Waals surface area contributed by atoms with E-state index in [4.69, 9.17) is 9.84 Å². The lowest BCUT2D eigenvalue weighted by atomic mass is 9.90. The third-order valence-corrected chi connectivity index (χ3v) is 3.06. The van der Waals surface area contributed by atoms with E-state index in [1.54, 1.807) is 0 Å². The maximum Gasteiger partial charge on any atom is 0.323 e. The van der Waals surface area contributed by atoms with Crippen LogP contribution in [0, 0.1) is 0 Å². The van der Waals surface area contributed by atoms with Gasteiger partial charge in [-0.1, -0.05) is 12.8 Å². The average molecular weight is 222 g/mol. The van der Waals surface area contributed by atoms with Crippen molar-refractivity contribution in [3.63, 3.8) is 0 Å². The lowest BCUT2D eigenvalue weighted by Gasteiger charge is -2.39. The predicted molar refractivity (Wildman–Crippen MR) is 53.8 cm³/mol. The summed E-state index contributed by atoms with van der Waals surface area (Å²) in [6.45, 7) is 1.29. The van der Waals surface area contributed by atoms with Gasteiger partial charge in [-0.3, -0.25) is 10.1 Å². The number of carboxylic acids is 1. The molecule has 1 heterocycles. The average Bonchev–Trinajstić information content (AvgIpc) is 2.54. The number of halogens is 1. The van der Waals surface area contributed by atoms with Crippen molar-refractivity contribution in [2.75, 3.05) is 13.2 Å². The molecule has 0 amide bonds. The molecule has 0 aromatic rings. The number of rotatable bonds is 1. The van der Waals surface area contributed by atoms with Gasteiger partial charge in [0.2, 0.25) is 0 Å². The van der Waals surface area contributed by atoms with Gasteiger partial charge in [-0.15, -0.1) is 12.4 Å². The third-order valence-electron chi connectivity index (χ3n) is 3.06. The van der Waals surface area contributed by atoms with Crippen LogP contribution in [0.4, 0.5) is 0 Å². The fourth-order valence-corrected chi connectivity index (χ4v) is 2.45. The number of ether oxygens (including phenoxy) is 1. The van der Waals surface area contributed by atoms with E-state index in [2.05, 4.69) is 5.32 Å². The Morgan fingerprint density at radius 2 is 2.07 bits per heavy atom. The summed E-state index contributed by atoms with van der Waals surface area (Å²) in [4.78, 5) is 11.0. The highest BCUT2D eigenvalue weighted by Gasteiger charge is 2.47. The minimum absolute atomic E-state index is 0. The van der Waals surface area contributed by atoms with Crippen LogP contribution in [0.1, 0.15) is 25.7 Å². The second kappa shape index (κ2) is 4.47. The SMILES string of the molecule is Cl.O=C(O)C1NCCOC12CCCC2. The maximum absolute atomic E-state index is 11.0. The Labute approximate surface area is 89.4 Å². The van der Waals surface area contributed by atoms with E-state index >= 15 is 0 Å². The summed E-state index contributed by atoms with van der Waals surface area (Å²) in [5.41, 5.74) is -0.399. The molecule has 1 aliphatic heterocycles. The zero-order valence-corrected chi connectivity index (χ0v) is 8.81. The number of carboxylic acid groups (broad SMARTS) is 1. The monoisotopic (exact) mass is 221 g/mol. The molecule has 2 N–H and O–H groups in total. The quantitative estimate of drug-likeness (QED) is 0.688. The van der Waals surface area contributed by atoms with E-state index in [-0.39, 0.29) is 12.4 Å². The zero-order valence-electron chi connectivity index (χ0n) is 7.99. The molecule has 0 radical (unpaired) electrons. The van der Waals surface area contributed by atoms with Crippen LogP contribution >= 0.6 is 12.4 Å². The molecular formula is C9H16ClNO3. The molecule has 2 rings (SSSR count). The molecular weight excluding hydrogens is 206 g/mol. The van der Waals surface area contributed by atoms with E-state index in [9.17, 15) is 4.79 Å². The fraction of sp³-hybridized carbons (Fsp3) is 0.889. The zero-order chi connectivity index (χ0) is 9.31. The number of morpholine rings is 1. The first-order chi connectivity index (χ1) is 6.25. The third kappa shape index (κ3) is 1.87. The van der Waals surface area contributed by atoms with Gasteiger partial charge in [-0.2, -0.15) is 0 Å². The number of hydrogen-bond donors (Lipinski definition) is 2. The standard InChI is InChI=1S/C9H15NO3.ClH/c11-8(12)7-9(3-1-2-4-9)13-6-5-10-7;/h7,10H,1-6H2,(H,11,12);1H. The molecule has 4 nitrogen and oxygen atoms in total. The van der Waals surface area contributed by atoms with Crippen LogP contribution in [0.3, 0.4) is 0 Å². The molecule has 0 bridgehead atoms. The normalized spacial score (nSPS) is 29.9. The van der Waals surface area contributed by atoms with E-state index < -0.39 is 17.6 Å². The predicted octanol–water partition coefficient (Wildman–Crippen LogP) is 0.794. The minimum atomic E-state index is -0.776. The first-order valence-electron chi connectivity index (χ1n) is 4.85. The molecule has 1 saturated carbocycles. The molecule has 2 aliphatic rings. The molecule has 5 heteroatoms. The highest BCUT2D eigenvalue weighted by atomic mass is 35.5. The molecule has 1 spiro atoms. The Balaban J connectivity index is 0.000000980. The number of carbonyl (C=O) groups is 1. The Kier molecular flexibility index (Phi) is 3.75. The van der Waals surface area contributed by atoms with Crippen LogP contribution in [-0.4, -0.2) is 35.9 Å². The lowest BCUT2D eigenvalue weighted by molar-refractivity contribution is -0.157. The maximum atomic E-state index is 11.0. The van der Waals surface area contributed by atoms with Crippen LogP contribution in [0.5, 0.6) is 0 Å². The van der Waals surface area contributed by atoms with E-state index in [1.165, 1.54) is 0 Å². The number of hydrogen-bond acceptors (Lipinski definition) is 3. The molecule has 1 aliphatic carbocycles. The fourth-order valence-electron chi connectivity index (χ4n) is 2.45. The highest BCUT2D eigenvalue weighted by molar-refractivity contribution is 5.85. The van der Waals surface area contributed by atoms with Gasteiger partial charge in [0.15, 0.2) is 0 Å². The van der Waals surface area contributed by atoms with Crippen molar-refractivity contribution in [3.8, 4) is 0 Å². The van der Waals surface area contributed by atoms with Crippen molar-refractivity contribution >= 4 is 18.4 Å². The van der Waals surface area contributed by atoms with Crippen molar-refractivity contribution in [1.82, 2.24) is 5.32 Å². The summed E-state index contributed by atoms with van der Waals surface area (Å²) < 4.78 is 5.66. The molecule has 2 fully saturated rings. The van der Waals surface area contributed by atoms with Gasteiger partial charge in [-0.05, 0) is 12.8 Å². The van der Waals surface area contributed by atoms with Gasteiger partial charge in [0, 0.05) is 6.54 Å². The Hall–Kier alpha value is -0.320. The van der Waals surface area contributed by atoms with Gasteiger partial charge in [-0.25, -0.2) is 0 Å². The van der Waals surface area contributed by atoms with Gasteiger partial charge in [0.1, 0.15) is 6.04 Å². The molecule has 1 atom stereocenters. The van der Waals surface area contributed by atoms with Crippen LogP contribution in [0.25, 0.3) is 0 Å². The Morgan fingerprint density at radius 3 is 2.64 bits per heavy atom. The van der Waals surface area contributed by atoms with Crippen molar-refractivity contribution in [2.24, 2.45) is 0 Å². The molecule has 0 aromatic heterocycles. The van der Waals surface area contributed by atoms with E-state index in [0.29, 0.717) is 13.2 Å². The number of nitrogens with one attached hydrogen (secondary N) is 1. The lowest BCUT2D eigenvalue weighted by Crippen LogP contribution is -2.60. The van der Waals surface area contributed by atoms with Gasteiger partial charge >= 0.3 is 5.97 Å². The first-order valence-corrected chi connectivity index (χ1v) is 4.85. The van der Waals surface area contributed by atoms with Gasteiger partial charge in [0.25, 0.3) is 0 Å². The molecule has 1 unspecified atom stereocenters. The highest BCUT2D eigenvalue weighted by Crippen LogP contribution is 2.37. The van der Waals surface area contributed by atoms with Crippen molar-refractivity contribution in [1.29, 1.82) is 0 Å². The van der Waals surface area contributed by atoms with Gasteiger partial charge < -0.3 is 9.84 Å². The smallest absolute Gasteiger partial charge is 0.323 e. The van der Waals surface area contributed by atoms with Gasteiger partial charge in [0.05, 0.1) is 12.2 Å². The summed E-state index contributed by atoms with van der Waals surface area (Å²) in [6, 6.07) is -0.497.